The van der Waals surface area contributed by atoms with Crippen LogP contribution in [0.25, 0.3) is 0 Å². The highest BCUT2D eigenvalue weighted by Gasteiger charge is 2.18. The van der Waals surface area contributed by atoms with Gasteiger partial charge in [-0.1, -0.05) is 0 Å². The average molecular weight is 155 g/mol. The maximum absolute atomic E-state index is 10.5. The van der Waals surface area contributed by atoms with Gasteiger partial charge in [-0.3, -0.25) is 4.79 Å². The van der Waals surface area contributed by atoms with Crippen molar-refractivity contribution in [1.29, 1.82) is 0 Å². The van der Waals surface area contributed by atoms with Crippen molar-refractivity contribution in [2.45, 2.75) is 5.92 Å². The molecule has 4 nitrogen and oxygen atoms in total. The molecule has 60 valence electrons. The molecule has 3 N–H and O–H groups in total. The van der Waals surface area contributed by atoms with E-state index in [1.807, 2.05) is 0 Å². The molecule has 1 atom stereocenters. The summed E-state index contributed by atoms with van der Waals surface area (Å²) in [6, 6.07) is 1.60. The summed E-state index contributed by atoms with van der Waals surface area (Å²) in [5.74, 6) is -1.57. The predicted molar refractivity (Wildman–Crippen MR) is 38.1 cm³/mol. The minimum Gasteiger partial charge on any atom is -0.481 e. The van der Waals surface area contributed by atoms with Crippen LogP contribution in [-0.4, -0.2) is 17.6 Å². The number of nitrogens with two attached hydrogens (primary N) is 1. The van der Waals surface area contributed by atoms with Crippen LogP contribution >= 0.6 is 0 Å². The zero-order valence-electron chi connectivity index (χ0n) is 5.86. The van der Waals surface area contributed by atoms with Gasteiger partial charge in [0.15, 0.2) is 0 Å². The average Bonchev–Trinajstić information content (AvgIpc) is 2.40. The Morgan fingerprint density at radius 1 is 1.82 bits per heavy atom. The summed E-state index contributed by atoms with van der Waals surface area (Å²) in [6.45, 7) is 0.0921. The number of carboxylic acids is 1. The number of hydrogen-bond acceptors (Lipinski definition) is 3. The minimum atomic E-state index is -0.922. The van der Waals surface area contributed by atoms with Crippen LogP contribution in [0.1, 0.15) is 11.5 Å². The second kappa shape index (κ2) is 3.21. The lowest BCUT2D eigenvalue weighted by molar-refractivity contribution is -0.138. The first-order valence-electron chi connectivity index (χ1n) is 3.20. The number of hydrogen-bond donors (Lipinski definition) is 2. The molecule has 1 heterocycles. The first-order valence-corrected chi connectivity index (χ1v) is 3.20. The van der Waals surface area contributed by atoms with Crippen molar-refractivity contribution < 1.29 is 14.3 Å². The highest BCUT2D eigenvalue weighted by Crippen LogP contribution is 2.14. The molecule has 11 heavy (non-hydrogen) atoms. The maximum atomic E-state index is 10.5. The predicted octanol–water partition coefficient (Wildman–Crippen LogP) is 0.406. The van der Waals surface area contributed by atoms with Crippen LogP contribution in [0.5, 0.6) is 0 Å². The van der Waals surface area contributed by atoms with Crippen molar-refractivity contribution in [2.24, 2.45) is 5.73 Å². The summed E-state index contributed by atoms with van der Waals surface area (Å²) < 4.78 is 4.73. The molecular weight excluding hydrogens is 146 g/mol. The smallest absolute Gasteiger partial charge is 0.312 e. The molecule has 0 aliphatic carbocycles. The van der Waals surface area contributed by atoms with Crippen molar-refractivity contribution in [3.05, 3.63) is 24.2 Å². The Balaban J connectivity index is 2.79. The SMILES string of the molecule is NCC(C(=O)O)c1ccoc1. The Kier molecular flexibility index (Phi) is 2.28. The fourth-order valence-electron chi connectivity index (χ4n) is 0.853. The summed E-state index contributed by atoms with van der Waals surface area (Å²) in [5.41, 5.74) is 5.85. The molecule has 0 saturated heterocycles. The summed E-state index contributed by atoms with van der Waals surface area (Å²) >= 11 is 0. The molecule has 1 rings (SSSR count). The van der Waals surface area contributed by atoms with Gasteiger partial charge in [-0.05, 0) is 6.07 Å². The fourth-order valence-corrected chi connectivity index (χ4v) is 0.853. The monoisotopic (exact) mass is 155 g/mol. The molecule has 4 heteroatoms. The Morgan fingerprint density at radius 3 is 2.91 bits per heavy atom. The van der Waals surface area contributed by atoms with Gasteiger partial charge in [0, 0.05) is 12.1 Å². The van der Waals surface area contributed by atoms with Crippen LogP contribution in [0, 0.1) is 0 Å². The van der Waals surface area contributed by atoms with Crippen molar-refractivity contribution >= 4 is 5.97 Å². The lowest BCUT2D eigenvalue weighted by Crippen LogP contribution is -2.20. The number of aliphatic carboxylic acids is 1. The van der Waals surface area contributed by atoms with Gasteiger partial charge in [-0.2, -0.15) is 0 Å². The standard InChI is InChI=1S/C7H9NO3/c8-3-6(7(9)10)5-1-2-11-4-5/h1-2,4,6H,3,8H2,(H,9,10). The molecule has 0 fully saturated rings. The van der Waals surface area contributed by atoms with Crippen LogP contribution in [0.2, 0.25) is 0 Å². The Morgan fingerprint density at radius 2 is 2.55 bits per heavy atom. The molecule has 0 aliphatic heterocycles. The zero-order valence-corrected chi connectivity index (χ0v) is 5.86. The molecular formula is C7H9NO3. The van der Waals surface area contributed by atoms with E-state index < -0.39 is 11.9 Å². The van der Waals surface area contributed by atoms with E-state index >= 15 is 0 Å². The lowest BCUT2D eigenvalue weighted by Gasteiger charge is -2.04. The van der Waals surface area contributed by atoms with E-state index in [-0.39, 0.29) is 6.54 Å². The Hall–Kier alpha value is -1.29. The lowest BCUT2D eigenvalue weighted by atomic mass is 10.0. The number of furan rings is 1. The fraction of sp³-hybridized carbons (Fsp3) is 0.286. The molecule has 0 spiro atoms. The molecule has 0 radical (unpaired) electrons. The van der Waals surface area contributed by atoms with Gasteiger partial charge in [0.25, 0.3) is 0 Å². The summed E-state index contributed by atoms with van der Waals surface area (Å²) in [6.07, 6.45) is 2.83. The van der Waals surface area contributed by atoms with E-state index in [9.17, 15) is 4.79 Å². The molecule has 0 bridgehead atoms. The third-order valence-corrected chi connectivity index (χ3v) is 1.48. The van der Waals surface area contributed by atoms with Crippen LogP contribution in [0.4, 0.5) is 0 Å². The molecule has 0 amide bonds. The third-order valence-electron chi connectivity index (χ3n) is 1.48. The van der Waals surface area contributed by atoms with Gasteiger partial charge in [0.2, 0.25) is 0 Å². The van der Waals surface area contributed by atoms with Gasteiger partial charge in [0.05, 0.1) is 18.4 Å². The van der Waals surface area contributed by atoms with Crippen molar-refractivity contribution in [1.82, 2.24) is 0 Å². The quantitative estimate of drug-likeness (QED) is 0.662. The van der Waals surface area contributed by atoms with E-state index in [1.165, 1.54) is 12.5 Å². The molecule has 0 aromatic carbocycles. The topological polar surface area (TPSA) is 76.5 Å². The van der Waals surface area contributed by atoms with E-state index in [1.54, 1.807) is 6.07 Å². The van der Waals surface area contributed by atoms with Crippen LogP contribution in [0.3, 0.4) is 0 Å². The molecule has 1 unspecified atom stereocenters. The molecule has 1 aromatic heterocycles. The second-order valence-corrected chi connectivity index (χ2v) is 2.18. The van der Waals surface area contributed by atoms with Crippen molar-refractivity contribution in [3.63, 3.8) is 0 Å². The van der Waals surface area contributed by atoms with Gasteiger partial charge in [-0.15, -0.1) is 0 Å². The van der Waals surface area contributed by atoms with Crippen LogP contribution in [-0.2, 0) is 4.79 Å². The zero-order chi connectivity index (χ0) is 8.27. The summed E-state index contributed by atoms with van der Waals surface area (Å²) in [4.78, 5) is 10.5. The number of carboxylic acid groups (broad SMARTS) is 1. The molecule has 0 aliphatic rings. The molecule has 0 saturated carbocycles. The van der Waals surface area contributed by atoms with Gasteiger partial charge < -0.3 is 15.3 Å². The van der Waals surface area contributed by atoms with Gasteiger partial charge >= 0.3 is 5.97 Å². The second-order valence-electron chi connectivity index (χ2n) is 2.18. The van der Waals surface area contributed by atoms with Crippen molar-refractivity contribution in [2.75, 3.05) is 6.54 Å². The van der Waals surface area contributed by atoms with Gasteiger partial charge in [-0.25, -0.2) is 0 Å². The summed E-state index contributed by atoms with van der Waals surface area (Å²) in [5, 5.41) is 8.62. The van der Waals surface area contributed by atoms with E-state index in [4.69, 9.17) is 15.3 Å². The van der Waals surface area contributed by atoms with E-state index in [2.05, 4.69) is 0 Å². The molecule has 1 aromatic rings. The highest BCUT2D eigenvalue weighted by atomic mass is 16.4. The van der Waals surface area contributed by atoms with Crippen molar-refractivity contribution in [3.8, 4) is 0 Å². The highest BCUT2D eigenvalue weighted by molar-refractivity contribution is 5.76. The number of rotatable bonds is 3. The maximum Gasteiger partial charge on any atom is 0.312 e. The third kappa shape index (κ3) is 1.59. The van der Waals surface area contributed by atoms with Crippen LogP contribution < -0.4 is 5.73 Å². The Bertz CT molecular complexity index is 230. The normalized spacial score (nSPS) is 12.8. The number of carbonyl (C=O) groups is 1. The van der Waals surface area contributed by atoms with E-state index in [0.29, 0.717) is 5.56 Å². The van der Waals surface area contributed by atoms with E-state index in [0.717, 1.165) is 0 Å². The first kappa shape index (κ1) is 7.81. The van der Waals surface area contributed by atoms with Crippen LogP contribution in [0.15, 0.2) is 23.0 Å². The Labute approximate surface area is 63.6 Å². The van der Waals surface area contributed by atoms with Gasteiger partial charge in [0.1, 0.15) is 0 Å². The largest absolute Gasteiger partial charge is 0.481 e. The minimum absolute atomic E-state index is 0.0921. The summed E-state index contributed by atoms with van der Waals surface area (Å²) in [7, 11) is 0. The first-order chi connectivity index (χ1) is 5.25.